The van der Waals surface area contributed by atoms with Gasteiger partial charge in [-0.1, -0.05) is 32.1 Å². The molecule has 22 heavy (non-hydrogen) atoms. The lowest BCUT2D eigenvalue weighted by Gasteiger charge is -2.16. The van der Waals surface area contributed by atoms with Crippen LogP contribution in [0.25, 0.3) is 5.57 Å². The topological polar surface area (TPSA) is 21.7 Å². The molecule has 0 aromatic heterocycles. The molecule has 0 aliphatic rings. The number of hydrogen-bond donors (Lipinski definition) is 0. The molecule has 0 fully saturated rings. The van der Waals surface area contributed by atoms with Gasteiger partial charge in [0, 0.05) is 13.7 Å². The van der Waals surface area contributed by atoms with Crippen LogP contribution in [0.2, 0.25) is 0 Å². The average Bonchev–Trinajstić information content (AvgIpc) is 2.50. The summed E-state index contributed by atoms with van der Waals surface area (Å²) in [4.78, 5) is 2.37. The molecule has 0 atom stereocenters. The van der Waals surface area contributed by atoms with Crippen molar-refractivity contribution in [2.75, 3.05) is 34.0 Å². The Morgan fingerprint density at radius 1 is 1.32 bits per heavy atom. The maximum Gasteiger partial charge on any atom is 0.188 e. The Morgan fingerprint density at radius 3 is 2.77 bits per heavy atom. The highest BCUT2D eigenvalue weighted by Gasteiger charge is 2.01. The first kappa shape index (κ1) is 18.7. The van der Waals surface area contributed by atoms with Crippen LogP contribution in [0.3, 0.4) is 0 Å². The van der Waals surface area contributed by atoms with Gasteiger partial charge in [0.05, 0.1) is 0 Å². The maximum absolute atomic E-state index is 5.49. The zero-order valence-corrected chi connectivity index (χ0v) is 14.8. The van der Waals surface area contributed by atoms with E-state index in [0.29, 0.717) is 0 Å². The van der Waals surface area contributed by atoms with Crippen LogP contribution < -0.4 is 4.74 Å². The third kappa shape index (κ3) is 7.62. The Balaban J connectivity index is 2.50. The van der Waals surface area contributed by atoms with Gasteiger partial charge in [0.2, 0.25) is 0 Å². The zero-order valence-electron chi connectivity index (χ0n) is 14.8. The fraction of sp³-hybridized carbons (Fsp3) is 0.579. The summed E-state index contributed by atoms with van der Waals surface area (Å²) >= 11 is 0. The van der Waals surface area contributed by atoms with Crippen molar-refractivity contribution < 1.29 is 9.47 Å². The van der Waals surface area contributed by atoms with Crippen LogP contribution in [0, 0.1) is 5.92 Å². The van der Waals surface area contributed by atoms with E-state index in [1.54, 1.807) is 7.11 Å². The molecular weight excluding hydrogens is 274 g/mol. The van der Waals surface area contributed by atoms with Gasteiger partial charge >= 0.3 is 0 Å². The second-order valence-electron chi connectivity index (χ2n) is 6.26. The molecule has 0 aliphatic heterocycles. The lowest BCUT2D eigenvalue weighted by molar-refractivity contribution is 0.0511. The molecule has 0 N–H and O–H groups in total. The molecule has 0 amide bonds. The summed E-state index contributed by atoms with van der Waals surface area (Å²) in [5.41, 5.74) is 2.47. The highest BCUT2D eigenvalue weighted by Crippen LogP contribution is 2.20. The second-order valence-corrected chi connectivity index (χ2v) is 6.26. The molecule has 0 saturated carbocycles. The fourth-order valence-corrected chi connectivity index (χ4v) is 2.23. The third-order valence-corrected chi connectivity index (χ3v) is 3.66. The van der Waals surface area contributed by atoms with E-state index in [0.717, 1.165) is 24.8 Å². The van der Waals surface area contributed by atoms with E-state index in [1.807, 2.05) is 12.1 Å². The molecule has 0 heterocycles. The molecule has 0 unspecified atom stereocenters. The molecule has 0 saturated heterocycles. The molecule has 3 nitrogen and oxygen atoms in total. The minimum Gasteiger partial charge on any atom is -0.468 e. The van der Waals surface area contributed by atoms with E-state index in [2.05, 4.69) is 50.9 Å². The Kier molecular flexibility index (Phi) is 8.86. The van der Waals surface area contributed by atoms with Crippen molar-refractivity contribution in [3.8, 4) is 5.75 Å². The number of nitrogens with zero attached hydrogens (tertiary/aromatic N) is 1. The number of ether oxygens (including phenoxy) is 2. The van der Waals surface area contributed by atoms with Gasteiger partial charge < -0.3 is 14.4 Å². The number of likely N-dealkylation sites (N-methyl/N-ethyl adjacent to an activating group) is 1. The predicted octanol–water partition coefficient (Wildman–Crippen LogP) is 4.44. The fourth-order valence-electron chi connectivity index (χ4n) is 2.23. The largest absolute Gasteiger partial charge is 0.468 e. The van der Waals surface area contributed by atoms with Crippen molar-refractivity contribution in [3.63, 3.8) is 0 Å². The van der Waals surface area contributed by atoms with Gasteiger partial charge in [0.15, 0.2) is 6.79 Å². The number of methoxy groups -OCH3 is 1. The average molecular weight is 305 g/mol. The van der Waals surface area contributed by atoms with Crippen molar-refractivity contribution in [2.45, 2.75) is 33.6 Å². The SMILES string of the molecule is COCOc1cccc(/C(C)=C/CN(C)CCCC(C)C)c1. The van der Waals surface area contributed by atoms with Gasteiger partial charge in [-0.05, 0) is 62.5 Å². The lowest BCUT2D eigenvalue weighted by atomic mass is 10.1. The van der Waals surface area contributed by atoms with Gasteiger partial charge in [-0.3, -0.25) is 0 Å². The number of hydrogen-bond acceptors (Lipinski definition) is 3. The van der Waals surface area contributed by atoms with E-state index in [-0.39, 0.29) is 6.79 Å². The van der Waals surface area contributed by atoms with Gasteiger partial charge in [-0.15, -0.1) is 0 Å². The molecular formula is C19H31NO2. The van der Waals surface area contributed by atoms with Gasteiger partial charge in [0.25, 0.3) is 0 Å². The normalized spacial score (nSPS) is 12.2. The minimum absolute atomic E-state index is 0.283. The standard InChI is InChI=1S/C19H31NO2/c1-16(2)8-7-12-20(4)13-11-17(3)18-9-6-10-19(14-18)22-15-21-5/h6,9-11,14,16H,7-8,12-13,15H2,1-5H3/b17-11+. The summed E-state index contributed by atoms with van der Waals surface area (Å²) < 4.78 is 10.4. The predicted molar refractivity (Wildman–Crippen MR) is 94.2 cm³/mol. The molecule has 124 valence electrons. The molecule has 1 rings (SSSR count). The molecule has 1 aromatic carbocycles. The third-order valence-electron chi connectivity index (χ3n) is 3.66. The highest BCUT2D eigenvalue weighted by molar-refractivity contribution is 5.65. The Hall–Kier alpha value is -1.32. The quantitative estimate of drug-likeness (QED) is 0.596. The monoisotopic (exact) mass is 305 g/mol. The van der Waals surface area contributed by atoms with E-state index in [1.165, 1.54) is 24.0 Å². The van der Waals surface area contributed by atoms with Crippen LogP contribution >= 0.6 is 0 Å². The Morgan fingerprint density at radius 2 is 2.09 bits per heavy atom. The summed E-state index contributed by atoms with van der Waals surface area (Å²) in [5, 5.41) is 0. The van der Waals surface area contributed by atoms with Crippen molar-refractivity contribution >= 4 is 5.57 Å². The summed E-state index contributed by atoms with van der Waals surface area (Å²) in [7, 11) is 3.81. The van der Waals surface area contributed by atoms with Crippen LogP contribution in [0.15, 0.2) is 30.3 Å². The first-order valence-corrected chi connectivity index (χ1v) is 8.10. The lowest BCUT2D eigenvalue weighted by Crippen LogP contribution is -2.20. The Labute approximate surface area is 135 Å². The zero-order chi connectivity index (χ0) is 16.4. The van der Waals surface area contributed by atoms with Crippen LogP contribution in [0.4, 0.5) is 0 Å². The van der Waals surface area contributed by atoms with Crippen LogP contribution in [0.1, 0.15) is 39.2 Å². The molecule has 0 spiro atoms. The van der Waals surface area contributed by atoms with E-state index in [9.17, 15) is 0 Å². The van der Waals surface area contributed by atoms with Crippen LogP contribution in [0.5, 0.6) is 5.75 Å². The van der Waals surface area contributed by atoms with Crippen LogP contribution in [-0.4, -0.2) is 38.9 Å². The molecule has 3 heteroatoms. The van der Waals surface area contributed by atoms with Crippen molar-refractivity contribution in [3.05, 3.63) is 35.9 Å². The Bertz CT molecular complexity index is 455. The van der Waals surface area contributed by atoms with Gasteiger partial charge in [0.1, 0.15) is 5.75 Å². The smallest absolute Gasteiger partial charge is 0.188 e. The van der Waals surface area contributed by atoms with Gasteiger partial charge in [-0.2, -0.15) is 0 Å². The summed E-state index contributed by atoms with van der Waals surface area (Å²) in [6.07, 6.45) is 4.85. The number of benzene rings is 1. The minimum atomic E-state index is 0.283. The van der Waals surface area contributed by atoms with Crippen molar-refractivity contribution in [1.29, 1.82) is 0 Å². The second kappa shape index (κ2) is 10.4. The highest BCUT2D eigenvalue weighted by atomic mass is 16.7. The van der Waals surface area contributed by atoms with Crippen molar-refractivity contribution in [2.24, 2.45) is 5.92 Å². The van der Waals surface area contributed by atoms with Crippen LogP contribution in [-0.2, 0) is 4.74 Å². The van der Waals surface area contributed by atoms with E-state index in [4.69, 9.17) is 9.47 Å². The summed E-state index contributed by atoms with van der Waals surface area (Å²) in [6.45, 7) is 9.12. The first-order chi connectivity index (χ1) is 10.5. The van der Waals surface area contributed by atoms with E-state index >= 15 is 0 Å². The molecule has 0 bridgehead atoms. The number of allylic oxidation sites excluding steroid dienone is 1. The molecule has 1 aromatic rings. The maximum atomic E-state index is 5.49. The van der Waals surface area contributed by atoms with E-state index < -0.39 is 0 Å². The molecule has 0 radical (unpaired) electrons. The summed E-state index contributed by atoms with van der Waals surface area (Å²) in [5.74, 6) is 1.64. The molecule has 0 aliphatic carbocycles. The van der Waals surface area contributed by atoms with Crippen molar-refractivity contribution in [1.82, 2.24) is 4.90 Å². The van der Waals surface area contributed by atoms with Gasteiger partial charge in [-0.25, -0.2) is 0 Å². The summed E-state index contributed by atoms with van der Waals surface area (Å²) in [6, 6.07) is 8.14. The number of rotatable bonds is 10. The first-order valence-electron chi connectivity index (χ1n) is 8.10.